The summed E-state index contributed by atoms with van der Waals surface area (Å²) < 4.78 is 0. The number of aryl methyl sites for hydroxylation is 1. The second kappa shape index (κ2) is 5.18. The van der Waals surface area contributed by atoms with Crippen LogP contribution in [-0.2, 0) is 0 Å². The Bertz CT molecular complexity index is 519. The van der Waals surface area contributed by atoms with Crippen molar-refractivity contribution >= 4 is 26.8 Å². The van der Waals surface area contributed by atoms with Gasteiger partial charge in [-0.05, 0) is 43.0 Å². The summed E-state index contributed by atoms with van der Waals surface area (Å²) in [5.74, 6) is 0.579. The van der Waals surface area contributed by atoms with Crippen molar-refractivity contribution in [2.24, 2.45) is 0 Å². The Labute approximate surface area is 111 Å². The first-order valence-electron chi connectivity index (χ1n) is 6.07. The van der Waals surface area contributed by atoms with Gasteiger partial charge < -0.3 is 0 Å². The van der Waals surface area contributed by atoms with E-state index < -0.39 is 0 Å². The molecule has 0 fully saturated rings. The van der Waals surface area contributed by atoms with E-state index in [9.17, 15) is 0 Å². The Morgan fingerprint density at radius 3 is 2.65 bits per heavy atom. The minimum absolute atomic E-state index is 0.560. The Morgan fingerprint density at radius 1 is 1.18 bits per heavy atom. The molecule has 2 atom stereocenters. The van der Waals surface area contributed by atoms with Crippen molar-refractivity contribution < 1.29 is 0 Å². The second-order valence-corrected chi connectivity index (χ2v) is 6.39. The van der Waals surface area contributed by atoms with Gasteiger partial charge in [-0.3, -0.25) is 4.98 Å². The van der Waals surface area contributed by atoms with Gasteiger partial charge in [-0.15, -0.1) is 0 Å². The van der Waals surface area contributed by atoms with Crippen LogP contribution in [0, 0.1) is 6.92 Å². The van der Waals surface area contributed by atoms with Crippen molar-refractivity contribution in [3.8, 4) is 0 Å². The van der Waals surface area contributed by atoms with E-state index in [0.717, 1.165) is 17.6 Å². The lowest BCUT2D eigenvalue weighted by molar-refractivity contribution is 0.682. The molecule has 0 aliphatic heterocycles. The van der Waals surface area contributed by atoms with E-state index in [1.165, 1.54) is 10.9 Å². The summed E-state index contributed by atoms with van der Waals surface area (Å²) in [6.07, 6.45) is 1.16. The third kappa shape index (κ3) is 3.06. The number of nitrogens with zero attached hydrogens (tertiary/aromatic N) is 1. The van der Waals surface area contributed by atoms with Gasteiger partial charge in [0.25, 0.3) is 0 Å². The van der Waals surface area contributed by atoms with E-state index in [1.807, 2.05) is 6.92 Å². The maximum atomic E-state index is 4.53. The fourth-order valence-corrected chi connectivity index (χ4v) is 2.74. The maximum absolute atomic E-state index is 4.53. The first-order valence-corrected chi connectivity index (χ1v) is 6.99. The number of rotatable bonds is 3. The molecule has 1 aromatic heterocycles. The molecule has 1 aromatic carbocycles. The van der Waals surface area contributed by atoms with Crippen molar-refractivity contribution in [1.82, 2.24) is 4.98 Å². The predicted molar refractivity (Wildman–Crippen MR) is 77.9 cm³/mol. The molecule has 1 heterocycles. The lowest BCUT2D eigenvalue weighted by atomic mass is 9.95. The summed E-state index contributed by atoms with van der Waals surface area (Å²) in [5.41, 5.74) is 3.56. The summed E-state index contributed by atoms with van der Waals surface area (Å²) in [5, 5.41) is 1.24. The van der Waals surface area contributed by atoms with E-state index in [-0.39, 0.29) is 0 Å². The van der Waals surface area contributed by atoms with Crippen LogP contribution >= 0.6 is 15.9 Å². The van der Waals surface area contributed by atoms with Crippen molar-refractivity contribution in [3.63, 3.8) is 0 Å². The van der Waals surface area contributed by atoms with Crippen LogP contribution in [0.15, 0.2) is 30.3 Å². The van der Waals surface area contributed by atoms with Crippen LogP contribution in [0.2, 0.25) is 0 Å². The smallest absolute Gasteiger partial charge is 0.0705 e. The fraction of sp³-hybridized carbons (Fsp3) is 0.400. The van der Waals surface area contributed by atoms with E-state index in [4.69, 9.17) is 0 Å². The standard InChI is InChI=1S/C15H18BrN/c1-10(8-11(2)16)13-6-7-15-14(9-13)5-4-12(3)17-15/h4-7,9-11H,8H2,1-3H3. The molecule has 2 heteroatoms. The van der Waals surface area contributed by atoms with E-state index in [1.54, 1.807) is 0 Å². The summed E-state index contributed by atoms with van der Waals surface area (Å²) >= 11 is 3.62. The summed E-state index contributed by atoms with van der Waals surface area (Å²) in [6, 6.07) is 10.8. The van der Waals surface area contributed by atoms with Crippen molar-refractivity contribution in [2.75, 3.05) is 0 Å². The molecule has 2 aromatic rings. The first kappa shape index (κ1) is 12.6. The van der Waals surface area contributed by atoms with Crippen LogP contribution in [0.3, 0.4) is 0 Å². The highest BCUT2D eigenvalue weighted by atomic mass is 79.9. The highest BCUT2D eigenvalue weighted by Gasteiger charge is 2.09. The normalized spacial score (nSPS) is 14.8. The van der Waals surface area contributed by atoms with Crippen molar-refractivity contribution in [3.05, 3.63) is 41.6 Å². The molecule has 17 heavy (non-hydrogen) atoms. The Kier molecular flexibility index (Phi) is 3.82. The summed E-state index contributed by atoms with van der Waals surface area (Å²) in [4.78, 5) is 5.09. The van der Waals surface area contributed by atoms with Crippen LogP contribution in [0.4, 0.5) is 0 Å². The number of hydrogen-bond donors (Lipinski definition) is 0. The molecule has 0 aliphatic carbocycles. The van der Waals surface area contributed by atoms with Crippen LogP contribution in [-0.4, -0.2) is 9.81 Å². The van der Waals surface area contributed by atoms with Gasteiger partial charge in [-0.25, -0.2) is 0 Å². The molecule has 0 spiro atoms. The van der Waals surface area contributed by atoms with Gasteiger partial charge in [0.05, 0.1) is 5.52 Å². The van der Waals surface area contributed by atoms with Crippen LogP contribution in [0.1, 0.15) is 37.4 Å². The van der Waals surface area contributed by atoms with Gasteiger partial charge in [0, 0.05) is 15.9 Å². The monoisotopic (exact) mass is 291 g/mol. The third-order valence-electron chi connectivity index (χ3n) is 3.10. The minimum atomic E-state index is 0.560. The molecule has 2 rings (SSSR count). The zero-order valence-corrected chi connectivity index (χ0v) is 12.2. The lowest BCUT2D eigenvalue weighted by Gasteiger charge is -2.14. The Hall–Kier alpha value is -0.890. The van der Waals surface area contributed by atoms with Crippen LogP contribution in [0.25, 0.3) is 10.9 Å². The summed E-state index contributed by atoms with van der Waals surface area (Å²) in [7, 11) is 0. The van der Waals surface area contributed by atoms with Gasteiger partial charge in [0.1, 0.15) is 0 Å². The maximum Gasteiger partial charge on any atom is 0.0705 e. The number of pyridine rings is 1. The molecule has 0 N–H and O–H groups in total. The van der Waals surface area contributed by atoms with Crippen LogP contribution < -0.4 is 0 Å². The molecule has 90 valence electrons. The Morgan fingerprint density at radius 2 is 1.94 bits per heavy atom. The zero-order chi connectivity index (χ0) is 12.4. The molecule has 0 radical (unpaired) electrons. The number of benzene rings is 1. The molecule has 1 nitrogen and oxygen atoms in total. The van der Waals surface area contributed by atoms with Gasteiger partial charge >= 0.3 is 0 Å². The molecule has 2 unspecified atom stereocenters. The molecular formula is C15H18BrN. The highest BCUT2D eigenvalue weighted by Crippen LogP contribution is 2.26. The molecular weight excluding hydrogens is 274 g/mol. The predicted octanol–water partition coefficient (Wildman–Crippen LogP) is 4.82. The van der Waals surface area contributed by atoms with Gasteiger partial charge in [0.15, 0.2) is 0 Å². The van der Waals surface area contributed by atoms with Gasteiger partial charge in [0.2, 0.25) is 0 Å². The highest BCUT2D eigenvalue weighted by molar-refractivity contribution is 9.09. The first-order chi connectivity index (χ1) is 8.06. The molecule has 0 saturated heterocycles. The number of hydrogen-bond acceptors (Lipinski definition) is 1. The SMILES string of the molecule is Cc1ccc2cc(C(C)CC(C)Br)ccc2n1. The van der Waals surface area contributed by atoms with Gasteiger partial charge in [-0.2, -0.15) is 0 Å². The quantitative estimate of drug-likeness (QED) is 0.739. The summed E-state index contributed by atoms with van der Waals surface area (Å²) in [6.45, 7) is 6.51. The second-order valence-electron chi connectivity index (χ2n) is 4.82. The number of aromatic nitrogens is 1. The average Bonchev–Trinajstić information content (AvgIpc) is 2.27. The van der Waals surface area contributed by atoms with E-state index in [2.05, 4.69) is 65.1 Å². The zero-order valence-electron chi connectivity index (χ0n) is 10.6. The van der Waals surface area contributed by atoms with Crippen LogP contribution in [0.5, 0.6) is 0 Å². The molecule has 0 amide bonds. The molecule has 0 aliphatic rings. The van der Waals surface area contributed by atoms with E-state index in [0.29, 0.717) is 10.7 Å². The minimum Gasteiger partial charge on any atom is -0.253 e. The fourth-order valence-electron chi connectivity index (χ4n) is 2.18. The topological polar surface area (TPSA) is 12.9 Å². The number of halogens is 1. The average molecular weight is 292 g/mol. The Balaban J connectivity index is 2.34. The molecule has 0 bridgehead atoms. The van der Waals surface area contributed by atoms with E-state index >= 15 is 0 Å². The van der Waals surface area contributed by atoms with Gasteiger partial charge in [-0.1, -0.05) is 41.9 Å². The third-order valence-corrected chi connectivity index (χ3v) is 3.47. The van der Waals surface area contributed by atoms with Crippen molar-refractivity contribution in [1.29, 1.82) is 0 Å². The largest absolute Gasteiger partial charge is 0.253 e. The molecule has 0 saturated carbocycles. The number of fused-ring (bicyclic) bond motifs is 1. The number of alkyl halides is 1. The lowest BCUT2D eigenvalue weighted by Crippen LogP contribution is -2.00. The van der Waals surface area contributed by atoms with Crippen molar-refractivity contribution in [2.45, 2.75) is 37.9 Å².